The summed E-state index contributed by atoms with van der Waals surface area (Å²) < 4.78 is 7.74. The molecule has 6 heteroatoms. The third-order valence-corrected chi connectivity index (χ3v) is 5.28. The number of methoxy groups -OCH3 is 1. The molecule has 0 N–H and O–H groups in total. The maximum absolute atomic E-state index is 12.7. The standard InChI is InChI=1S/C16H24N4O2/c1-22-14(11-6-7-11)16(21)19-8-2-4-12(10-19)15-18-17-13-5-3-9-20(13)15/h11-12,14H,2-10H2,1H3. The molecule has 0 aromatic carbocycles. The molecule has 0 radical (unpaired) electrons. The summed E-state index contributed by atoms with van der Waals surface area (Å²) in [7, 11) is 1.66. The Balaban J connectivity index is 1.48. The van der Waals surface area contributed by atoms with Crippen molar-refractivity contribution < 1.29 is 9.53 Å². The molecule has 1 amide bonds. The average molecular weight is 304 g/mol. The minimum Gasteiger partial charge on any atom is -0.371 e. The van der Waals surface area contributed by atoms with Crippen molar-refractivity contribution in [3.8, 4) is 0 Å². The molecule has 0 bridgehead atoms. The van der Waals surface area contributed by atoms with Gasteiger partial charge in [0.2, 0.25) is 0 Å². The molecule has 1 saturated heterocycles. The highest BCUT2D eigenvalue weighted by Gasteiger charge is 2.40. The highest BCUT2D eigenvalue weighted by Crippen LogP contribution is 2.36. The fourth-order valence-electron chi connectivity index (χ4n) is 3.94. The van der Waals surface area contributed by atoms with E-state index in [9.17, 15) is 4.79 Å². The number of aryl methyl sites for hydroxylation is 1. The summed E-state index contributed by atoms with van der Waals surface area (Å²) in [6.07, 6.45) is 6.36. The molecule has 1 aliphatic carbocycles. The van der Waals surface area contributed by atoms with E-state index in [1.807, 2.05) is 4.90 Å². The Labute approximate surface area is 130 Å². The van der Waals surface area contributed by atoms with Gasteiger partial charge in [-0.25, -0.2) is 0 Å². The second-order valence-corrected chi connectivity index (χ2v) is 6.85. The Morgan fingerprint density at radius 1 is 1.23 bits per heavy atom. The van der Waals surface area contributed by atoms with Gasteiger partial charge < -0.3 is 14.2 Å². The van der Waals surface area contributed by atoms with Crippen LogP contribution in [0.15, 0.2) is 0 Å². The molecule has 2 unspecified atom stereocenters. The molecule has 2 aliphatic heterocycles. The lowest BCUT2D eigenvalue weighted by Crippen LogP contribution is -2.46. The van der Waals surface area contributed by atoms with Crippen LogP contribution in [0.1, 0.15) is 49.7 Å². The number of ether oxygens (including phenoxy) is 1. The first-order valence-corrected chi connectivity index (χ1v) is 8.51. The first-order valence-electron chi connectivity index (χ1n) is 8.51. The predicted octanol–water partition coefficient (Wildman–Crippen LogP) is 1.36. The van der Waals surface area contributed by atoms with Gasteiger partial charge in [0, 0.05) is 39.1 Å². The van der Waals surface area contributed by atoms with Gasteiger partial charge in [-0.1, -0.05) is 0 Å². The fraction of sp³-hybridized carbons (Fsp3) is 0.812. The monoisotopic (exact) mass is 304 g/mol. The largest absolute Gasteiger partial charge is 0.371 e. The summed E-state index contributed by atoms with van der Waals surface area (Å²) in [5.74, 6) is 3.15. The minimum absolute atomic E-state index is 0.177. The Bertz CT molecular complexity index is 566. The molecule has 0 spiro atoms. The Morgan fingerprint density at radius 2 is 2.09 bits per heavy atom. The predicted molar refractivity (Wildman–Crippen MR) is 80.4 cm³/mol. The SMILES string of the molecule is COC(C(=O)N1CCCC(c2nnc3n2CCC3)C1)C1CC1. The summed E-state index contributed by atoms with van der Waals surface area (Å²) in [4.78, 5) is 14.7. The van der Waals surface area contributed by atoms with E-state index in [1.54, 1.807) is 7.11 Å². The van der Waals surface area contributed by atoms with Crippen molar-refractivity contribution in [1.82, 2.24) is 19.7 Å². The Morgan fingerprint density at radius 3 is 2.86 bits per heavy atom. The molecule has 120 valence electrons. The van der Waals surface area contributed by atoms with Crippen LogP contribution in [0, 0.1) is 5.92 Å². The number of piperidine rings is 1. The van der Waals surface area contributed by atoms with Crippen LogP contribution in [-0.2, 0) is 22.5 Å². The first-order chi connectivity index (χ1) is 10.8. The van der Waals surface area contributed by atoms with Crippen molar-refractivity contribution in [3.05, 3.63) is 11.6 Å². The van der Waals surface area contributed by atoms with E-state index in [0.717, 1.165) is 63.4 Å². The van der Waals surface area contributed by atoms with Crippen LogP contribution >= 0.6 is 0 Å². The van der Waals surface area contributed by atoms with Gasteiger partial charge in [0.05, 0.1) is 0 Å². The van der Waals surface area contributed by atoms with Crippen molar-refractivity contribution in [2.24, 2.45) is 5.92 Å². The van der Waals surface area contributed by atoms with Crippen LogP contribution < -0.4 is 0 Å². The van der Waals surface area contributed by atoms with E-state index in [0.29, 0.717) is 11.8 Å². The number of hydrogen-bond acceptors (Lipinski definition) is 4. The Hall–Kier alpha value is -1.43. The molecule has 1 aromatic heterocycles. The van der Waals surface area contributed by atoms with Gasteiger partial charge >= 0.3 is 0 Å². The Kier molecular flexibility index (Phi) is 3.64. The van der Waals surface area contributed by atoms with Gasteiger partial charge in [0.1, 0.15) is 17.8 Å². The summed E-state index contributed by atoms with van der Waals surface area (Å²) in [5, 5.41) is 8.73. The smallest absolute Gasteiger partial charge is 0.251 e. The number of carbonyl (C=O) groups excluding carboxylic acids is 1. The second-order valence-electron chi connectivity index (χ2n) is 6.85. The van der Waals surface area contributed by atoms with Crippen LogP contribution in [0.25, 0.3) is 0 Å². The molecule has 22 heavy (non-hydrogen) atoms. The molecule has 2 atom stereocenters. The topological polar surface area (TPSA) is 60.2 Å². The lowest BCUT2D eigenvalue weighted by Gasteiger charge is -2.34. The number of nitrogens with zero attached hydrogens (tertiary/aromatic N) is 4. The molecule has 1 saturated carbocycles. The average Bonchev–Trinajstić information content (AvgIpc) is 3.11. The van der Waals surface area contributed by atoms with Gasteiger partial charge in [0.15, 0.2) is 0 Å². The van der Waals surface area contributed by atoms with Crippen LogP contribution in [-0.4, -0.2) is 51.9 Å². The van der Waals surface area contributed by atoms with Gasteiger partial charge in [-0.05, 0) is 38.0 Å². The van der Waals surface area contributed by atoms with Crippen LogP contribution in [0.3, 0.4) is 0 Å². The molecule has 2 fully saturated rings. The zero-order valence-corrected chi connectivity index (χ0v) is 13.2. The highest BCUT2D eigenvalue weighted by atomic mass is 16.5. The molecule has 1 aromatic rings. The van der Waals surface area contributed by atoms with Gasteiger partial charge in [-0.15, -0.1) is 10.2 Å². The fourth-order valence-corrected chi connectivity index (χ4v) is 3.94. The van der Waals surface area contributed by atoms with Crippen LogP contribution in [0.2, 0.25) is 0 Å². The molecule has 4 rings (SSSR count). The zero-order chi connectivity index (χ0) is 15.1. The maximum Gasteiger partial charge on any atom is 0.251 e. The van der Waals surface area contributed by atoms with Crippen LogP contribution in [0.5, 0.6) is 0 Å². The summed E-state index contributed by atoms with van der Waals surface area (Å²) in [5.41, 5.74) is 0. The van der Waals surface area contributed by atoms with E-state index in [1.165, 1.54) is 6.42 Å². The van der Waals surface area contributed by atoms with Gasteiger partial charge in [0.25, 0.3) is 5.91 Å². The van der Waals surface area contributed by atoms with E-state index in [4.69, 9.17) is 4.74 Å². The summed E-state index contributed by atoms with van der Waals surface area (Å²) in [6.45, 7) is 2.65. The van der Waals surface area contributed by atoms with E-state index in [2.05, 4.69) is 14.8 Å². The van der Waals surface area contributed by atoms with Crippen molar-refractivity contribution in [1.29, 1.82) is 0 Å². The second kappa shape index (κ2) is 5.65. The van der Waals surface area contributed by atoms with Crippen molar-refractivity contribution in [3.63, 3.8) is 0 Å². The third-order valence-electron chi connectivity index (χ3n) is 5.28. The van der Waals surface area contributed by atoms with Gasteiger partial charge in [-0.2, -0.15) is 0 Å². The number of rotatable bonds is 4. The molecule has 6 nitrogen and oxygen atoms in total. The maximum atomic E-state index is 12.7. The number of fused-ring (bicyclic) bond motifs is 1. The number of likely N-dealkylation sites (tertiary alicyclic amines) is 1. The molecule has 3 heterocycles. The minimum atomic E-state index is -0.233. The van der Waals surface area contributed by atoms with Crippen molar-refractivity contribution in [2.75, 3.05) is 20.2 Å². The van der Waals surface area contributed by atoms with Gasteiger partial charge in [-0.3, -0.25) is 4.79 Å². The highest BCUT2D eigenvalue weighted by molar-refractivity contribution is 5.81. The molecule has 3 aliphatic rings. The summed E-state index contributed by atoms with van der Waals surface area (Å²) >= 11 is 0. The van der Waals surface area contributed by atoms with Crippen molar-refractivity contribution in [2.45, 2.75) is 57.1 Å². The third kappa shape index (κ3) is 2.43. The van der Waals surface area contributed by atoms with E-state index >= 15 is 0 Å². The number of carbonyl (C=O) groups is 1. The number of aromatic nitrogens is 3. The van der Waals surface area contributed by atoms with E-state index < -0.39 is 0 Å². The lowest BCUT2D eigenvalue weighted by molar-refractivity contribution is -0.144. The number of hydrogen-bond donors (Lipinski definition) is 0. The normalized spacial score (nSPS) is 26.0. The number of amides is 1. The molecular weight excluding hydrogens is 280 g/mol. The molecular formula is C16H24N4O2. The van der Waals surface area contributed by atoms with E-state index in [-0.39, 0.29) is 12.0 Å². The first kappa shape index (κ1) is 14.2. The lowest BCUT2D eigenvalue weighted by atomic mass is 9.96. The summed E-state index contributed by atoms with van der Waals surface area (Å²) in [6, 6.07) is 0. The van der Waals surface area contributed by atoms with Crippen molar-refractivity contribution >= 4 is 5.91 Å². The zero-order valence-electron chi connectivity index (χ0n) is 13.2. The quantitative estimate of drug-likeness (QED) is 0.842. The van der Waals surface area contributed by atoms with Crippen LogP contribution in [0.4, 0.5) is 0 Å².